The number of aromatic nitrogens is 1. The Kier molecular flexibility index (Phi) is 25.3. The lowest BCUT2D eigenvalue weighted by molar-refractivity contribution is -0.147. The summed E-state index contributed by atoms with van der Waals surface area (Å²) in [5, 5.41) is 15.0. The van der Waals surface area contributed by atoms with Gasteiger partial charge in [-0.15, -0.1) is 0 Å². The van der Waals surface area contributed by atoms with E-state index in [9.17, 15) is 29.1 Å². The number of methoxy groups -OCH3 is 1. The van der Waals surface area contributed by atoms with Crippen molar-refractivity contribution in [2.75, 3.05) is 13.7 Å². The highest BCUT2D eigenvalue weighted by Crippen LogP contribution is 2.33. The SMILES string of the molecule is CC.CC(OC(C)(C)C)C(NC(=O)OCc1ccccc1)C(=O)O.CCC=O.COC(=O)CNC(=O)C(N)Cc1c[nH]c2ccccc12.NC(c1ccccc1)(c1ccccc1)c1ccccc1. The molecule has 3 unspecified atom stereocenters. The normalized spacial score (nSPS) is 11.9. The molecule has 14 nitrogen and oxygen atoms in total. The number of carbonyl (C=O) groups excluding carboxylic acids is 4. The third-order valence-corrected chi connectivity index (χ3v) is 9.70. The molecule has 5 aromatic carbocycles. The van der Waals surface area contributed by atoms with Crippen molar-refractivity contribution in [3.05, 3.63) is 180 Å². The van der Waals surface area contributed by atoms with Crippen molar-refractivity contribution in [1.82, 2.24) is 15.6 Å². The Balaban J connectivity index is 0.000000330. The smallest absolute Gasteiger partial charge is 0.408 e. The number of alkyl carbamates (subject to hydrolysis) is 1. The predicted molar refractivity (Wildman–Crippen MR) is 268 cm³/mol. The number of aliphatic carboxylic acids is 1. The Labute approximate surface area is 400 Å². The molecule has 14 heteroatoms. The largest absolute Gasteiger partial charge is 0.480 e. The van der Waals surface area contributed by atoms with E-state index in [1.54, 1.807) is 6.92 Å². The van der Waals surface area contributed by atoms with E-state index >= 15 is 0 Å². The lowest BCUT2D eigenvalue weighted by atomic mass is 9.78. The molecule has 3 atom stereocenters. The van der Waals surface area contributed by atoms with Gasteiger partial charge in [0.2, 0.25) is 5.91 Å². The Morgan fingerprint density at radius 3 is 1.66 bits per heavy atom. The summed E-state index contributed by atoms with van der Waals surface area (Å²) in [5.74, 6) is -2.05. The van der Waals surface area contributed by atoms with Crippen LogP contribution in [0.4, 0.5) is 4.79 Å². The van der Waals surface area contributed by atoms with Crippen molar-refractivity contribution in [2.24, 2.45) is 11.5 Å². The molecule has 0 radical (unpaired) electrons. The zero-order chi connectivity index (χ0) is 50.5. The number of nitrogens with one attached hydrogen (secondary N) is 3. The maximum absolute atomic E-state index is 11.8. The van der Waals surface area contributed by atoms with Gasteiger partial charge in [0.15, 0.2) is 6.04 Å². The third kappa shape index (κ3) is 19.4. The summed E-state index contributed by atoms with van der Waals surface area (Å²) in [6, 6.07) is 45.8. The van der Waals surface area contributed by atoms with Crippen molar-refractivity contribution in [3.63, 3.8) is 0 Å². The molecule has 0 saturated heterocycles. The summed E-state index contributed by atoms with van der Waals surface area (Å²) in [7, 11) is 1.26. The summed E-state index contributed by atoms with van der Waals surface area (Å²) in [5.41, 5.74) is 17.7. The molecule has 1 aromatic heterocycles. The van der Waals surface area contributed by atoms with Gasteiger partial charge in [0, 0.05) is 23.5 Å². The molecule has 8 N–H and O–H groups in total. The highest BCUT2D eigenvalue weighted by molar-refractivity contribution is 5.88. The van der Waals surface area contributed by atoms with Crippen LogP contribution < -0.4 is 22.1 Å². The highest BCUT2D eigenvalue weighted by atomic mass is 16.6. The number of rotatable bonds is 15. The number of esters is 1. The van der Waals surface area contributed by atoms with E-state index in [1.807, 2.05) is 157 Å². The number of benzene rings is 5. The van der Waals surface area contributed by atoms with E-state index in [0.717, 1.165) is 45.0 Å². The first-order valence-corrected chi connectivity index (χ1v) is 22.5. The molecule has 6 aromatic rings. The number of carboxylic acids is 1. The standard InChI is InChI=1S/C19H17N.C16H23NO5.C14H17N3O3.C3H6O.C2H6/c20-19(16-10-4-1-5-11-16,17-12-6-2-7-13-17)18-14-8-3-9-15-18;1-11(22-16(2,3)4)13(14(18)19)17-15(20)21-10-12-8-6-5-7-9-12;1-20-13(18)8-17-14(19)11(15)6-9-7-16-12-5-3-2-4-10(9)12;1-2-3-4;1-2/h1-15H,20H2;5-9,11,13H,10H2,1-4H3,(H,17,20)(H,18,19);2-5,7,11,16H,6,8,15H2,1H3,(H,17,19);3H,2H2,1H3;1-2H3. The van der Waals surface area contributed by atoms with Crippen molar-refractivity contribution >= 4 is 41.1 Å². The minimum atomic E-state index is -1.18. The van der Waals surface area contributed by atoms with Crippen LogP contribution in [0.2, 0.25) is 0 Å². The first kappa shape index (κ1) is 57.0. The van der Waals surface area contributed by atoms with Gasteiger partial charge in [-0.05, 0) is 68.0 Å². The number of aromatic amines is 1. The van der Waals surface area contributed by atoms with Gasteiger partial charge in [0.25, 0.3) is 0 Å². The maximum atomic E-state index is 11.8. The minimum absolute atomic E-state index is 0.0769. The average Bonchev–Trinajstić information content (AvgIpc) is 3.77. The van der Waals surface area contributed by atoms with Gasteiger partial charge < -0.3 is 51.2 Å². The fourth-order valence-electron chi connectivity index (χ4n) is 6.49. The fourth-order valence-corrected chi connectivity index (χ4v) is 6.49. The average molecular weight is 932 g/mol. The molecular formula is C54H69N5O9. The molecule has 6 rings (SSSR count). The number of aldehydes is 1. The lowest BCUT2D eigenvalue weighted by Crippen LogP contribution is -2.50. The van der Waals surface area contributed by atoms with Gasteiger partial charge in [-0.1, -0.05) is 160 Å². The predicted octanol–water partition coefficient (Wildman–Crippen LogP) is 8.46. The number of nitrogens with two attached hydrogens (primary N) is 2. The number of hydrogen-bond donors (Lipinski definition) is 6. The van der Waals surface area contributed by atoms with Crippen LogP contribution in [0.5, 0.6) is 0 Å². The van der Waals surface area contributed by atoms with Crippen LogP contribution in [-0.4, -0.2) is 77.8 Å². The minimum Gasteiger partial charge on any atom is -0.480 e. The summed E-state index contributed by atoms with van der Waals surface area (Å²) < 4.78 is 15.0. The maximum Gasteiger partial charge on any atom is 0.408 e. The third-order valence-electron chi connectivity index (χ3n) is 9.70. The van der Waals surface area contributed by atoms with Crippen LogP contribution in [0.15, 0.2) is 152 Å². The Morgan fingerprint density at radius 1 is 0.765 bits per heavy atom. The first-order chi connectivity index (χ1) is 32.5. The number of carboxylic acid groups (broad SMARTS) is 1. The Hall–Kier alpha value is -7.13. The van der Waals surface area contributed by atoms with E-state index < -0.39 is 47.4 Å². The monoisotopic (exact) mass is 932 g/mol. The summed E-state index contributed by atoms with van der Waals surface area (Å²) in [6.45, 7) is 12.8. The molecule has 0 fully saturated rings. The van der Waals surface area contributed by atoms with Crippen LogP contribution in [0.25, 0.3) is 10.9 Å². The molecule has 2 amide bonds. The lowest BCUT2D eigenvalue weighted by Gasteiger charge is -2.31. The quantitative estimate of drug-likeness (QED) is 0.0325. The van der Waals surface area contributed by atoms with Gasteiger partial charge in [0.1, 0.15) is 19.4 Å². The van der Waals surface area contributed by atoms with Crippen molar-refractivity contribution < 1.29 is 43.3 Å². The topological polar surface area (TPSA) is 225 Å². The number of para-hydroxylation sites is 1. The van der Waals surface area contributed by atoms with Crippen molar-refractivity contribution in [3.8, 4) is 0 Å². The molecule has 68 heavy (non-hydrogen) atoms. The first-order valence-electron chi connectivity index (χ1n) is 22.5. The molecule has 364 valence electrons. The van der Waals surface area contributed by atoms with Gasteiger partial charge >= 0.3 is 18.0 Å². The van der Waals surface area contributed by atoms with Crippen LogP contribution in [0, 0.1) is 0 Å². The molecule has 0 bridgehead atoms. The van der Waals surface area contributed by atoms with Gasteiger partial charge in [-0.25, -0.2) is 9.59 Å². The summed E-state index contributed by atoms with van der Waals surface area (Å²) in [4.78, 5) is 58.1. The summed E-state index contributed by atoms with van der Waals surface area (Å²) >= 11 is 0. The van der Waals surface area contributed by atoms with E-state index in [4.69, 9.17) is 20.9 Å². The van der Waals surface area contributed by atoms with Crippen LogP contribution >= 0.6 is 0 Å². The molecule has 0 saturated carbocycles. The van der Waals surface area contributed by atoms with Crippen molar-refractivity contribution in [2.45, 2.75) is 97.2 Å². The van der Waals surface area contributed by atoms with E-state index in [-0.39, 0.29) is 19.1 Å². The molecule has 0 aliphatic carbocycles. The number of amides is 2. The molecular weight excluding hydrogens is 863 g/mol. The molecule has 1 heterocycles. The molecule has 0 aliphatic rings. The number of hydrogen-bond acceptors (Lipinski definition) is 10. The molecule has 0 aliphatic heterocycles. The number of H-pyrrole nitrogens is 1. The van der Waals surface area contributed by atoms with Gasteiger partial charge in [-0.2, -0.15) is 0 Å². The number of ether oxygens (including phenoxy) is 3. The van der Waals surface area contributed by atoms with E-state index in [1.165, 1.54) is 7.11 Å². The van der Waals surface area contributed by atoms with E-state index in [2.05, 4.69) is 56.8 Å². The number of carbonyl (C=O) groups is 5. The summed E-state index contributed by atoms with van der Waals surface area (Å²) in [6.07, 6.45) is 2.28. The van der Waals surface area contributed by atoms with E-state index in [0.29, 0.717) is 12.8 Å². The fraction of sp³-hybridized carbons (Fsp3) is 0.315. The second-order valence-electron chi connectivity index (χ2n) is 15.9. The second kappa shape index (κ2) is 30.2. The van der Waals surface area contributed by atoms with Crippen molar-refractivity contribution in [1.29, 1.82) is 0 Å². The zero-order valence-electron chi connectivity index (χ0n) is 40.4. The second-order valence-corrected chi connectivity index (χ2v) is 15.9. The highest BCUT2D eigenvalue weighted by Gasteiger charge is 2.32. The van der Waals surface area contributed by atoms with Crippen LogP contribution in [-0.2, 0) is 52.0 Å². The van der Waals surface area contributed by atoms with Gasteiger partial charge in [0.05, 0.1) is 30.4 Å². The van der Waals surface area contributed by atoms with Crippen LogP contribution in [0.1, 0.15) is 82.7 Å². The Morgan fingerprint density at radius 2 is 1.22 bits per heavy atom. The van der Waals surface area contributed by atoms with Gasteiger partial charge in [-0.3, -0.25) is 9.59 Å². The Bertz CT molecular complexity index is 2280. The number of fused-ring (bicyclic) bond motifs is 1. The van der Waals surface area contributed by atoms with Crippen LogP contribution in [0.3, 0.4) is 0 Å². The zero-order valence-corrected chi connectivity index (χ0v) is 40.4. The molecule has 0 spiro atoms.